The number of nitrogens with zero attached hydrogens (tertiary/aromatic N) is 4. The molecule has 4 aromatic rings. The van der Waals surface area contributed by atoms with Crippen LogP contribution < -0.4 is 17.0 Å². The predicted octanol–water partition coefficient (Wildman–Crippen LogP) is 3.73. The molecule has 0 saturated carbocycles. The van der Waals surface area contributed by atoms with E-state index in [-0.39, 0.29) is 12.4 Å². The van der Waals surface area contributed by atoms with Crippen LogP contribution >= 0.6 is 11.3 Å². The Morgan fingerprint density at radius 1 is 0.931 bits per heavy atom. The van der Waals surface area contributed by atoms with Crippen LogP contribution in [-0.4, -0.2) is 4.57 Å². The minimum absolute atomic E-state index is 0. The van der Waals surface area contributed by atoms with E-state index < -0.39 is 0 Å². The molecule has 4 nitrogen and oxygen atoms in total. The number of azo groups is 1. The van der Waals surface area contributed by atoms with Crippen LogP contribution in [0.25, 0.3) is 22.2 Å². The maximum absolute atomic E-state index is 4.81. The summed E-state index contributed by atoms with van der Waals surface area (Å²) < 4.78 is 4.56. The summed E-state index contributed by atoms with van der Waals surface area (Å²) in [5.74, 6) is 0. The molecule has 0 spiro atoms. The second kappa shape index (κ2) is 8.89. The molecule has 0 atom stereocenters. The summed E-state index contributed by atoms with van der Waals surface area (Å²) in [4.78, 5) is 1.29. The summed E-state index contributed by atoms with van der Waals surface area (Å²) in [6.07, 6.45) is 0. The average Bonchev–Trinajstić information content (AvgIpc) is 3.20. The average molecular weight is 425 g/mol. The highest BCUT2D eigenvalue weighted by Crippen LogP contribution is 2.41. The van der Waals surface area contributed by atoms with Crippen LogP contribution in [0.5, 0.6) is 0 Å². The minimum Gasteiger partial charge on any atom is -1.00 e. The quantitative estimate of drug-likeness (QED) is 0.345. The van der Waals surface area contributed by atoms with Crippen molar-refractivity contribution in [2.75, 3.05) is 0 Å². The standard InChI is InChI=1S/C23H25N4S.ClH/c1-5-26-16(3)17(4)28-23(26)25-24-21-19-14-10-11-15-20(19)27(6-2)22(21)18-12-8-7-9-13-18;/h7-15H,5-6H2,1-4H3;1H/q+1;/p-1. The Morgan fingerprint density at radius 2 is 1.62 bits per heavy atom. The van der Waals surface area contributed by atoms with Gasteiger partial charge in [-0.05, 0) is 50.2 Å². The second-order valence-electron chi connectivity index (χ2n) is 6.80. The highest BCUT2D eigenvalue weighted by Gasteiger charge is 2.22. The van der Waals surface area contributed by atoms with E-state index in [1.54, 1.807) is 11.3 Å². The largest absolute Gasteiger partial charge is 1.00 e. The fourth-order valence-corrected chi connectivity index (χ4v) is 4.73. The lowest BCUT2D eigenvalue weighted by Crippen LogP contribution is -3.00. The van der Waals surface area contributed by atoms with Crippen LogP contribution in [0.4, 0.5) is 10.8 Å². The Balaban J connectivity index is 0.00000240. The van der Waals surface area contributed by atoms with Crippen LogP contribution in [0.15, 0.2) is 64.8 Å². The van der Waals surface area contributed by atoms with Gasteiger partial charge in [0.05, 0.1) is 27.7 Å². The van der Waals surface area contributed by atoms with Crippen molar-refractivity contribution in [1.29, 1.82) is 0 Å². The van der Waals surface area contributed by atoms with E-state index in [1.165, 1.54) is 16.1 Å². The first-order valence-corrected chi connectivity index (χ1v) is 10.6. The van der Waals surface area contributed by atoms with Crippen molar-refractivity contribution in [2.24, 2.45) is 10.2 Å². The zero-order valence-corrected chi connectivity index (χ0v) is 18.8. The number of hydrogen-bond acceptors (Lipinski definition) is 3. The summed E-state index contributed by atoms with van der Waals surface area (Å²) in [6.45, 7) is 10.4. The molecule has 0 aliphatic carbocycles. The smallest absolute Gasteiger partial charge is 0.408 e. The van der Waals surface area contributed by atoms with Crippen LogP contribution in [0.3, 0.4) is 0 Å². The summed E-state index contributed by atoms with van der Waals surface area (Å²) in [7, 11) is 0. The second-order valence-corrected chi connectivity index (χ2v) is 7.98. The van der Waals surface area contributed by atoms with Crippen LogP contribution in [0.1, 0.15) is 24.4 Å². The van der Waals surface area contributed by atoms with Gasteiger partial charge < -0.3 is 17.0 Å². The number of halogens is 1. The van der Waals surface area contributed by atoms with Gasteiger partial charge in [0.25, 0.3) is 0 Å². The minimum atomic E-state index is 0. The molecule has 6 heteroatoms. The fraction of sp³-hybridized carbons (Fsp3) is 0.261. The van der Waals surface area contributed by atoms with Gasteiger partial charge in [0.2, 0.25) is 0 Å². The van der Waals surface area contributed by atoms with E-state index in [4.69, 9.17) is 10.2 Å². The Kier molecular flexibility index (Phi) is 6.50. The van der Waals surface area contributed by atoms with Crippen molar-refractivity contribution in [3.05, 3.63) is 65.2 Å². The zero-order chi connectivity index (χ0) is 19.7. The number of benzene rings is 2. The number of para-hydroxylation sites is 1. The van der Waals surface area contributed by atoms with Gasteiger partial charge in [-0.3, -0.25) is 0 Å². The lowest BCUT2D eigenvalue weighted by Gasteiger charge is -2.08. The van der Waals surface area contributed by atoms with E-state index in [1.807, 2.05) is 6.07 Å². The highest BCUT2D eigenvalue weighted by molar-refractivity contribution is 7.14. The summed E-state index contributed by atoms with van der Waals surface area (Å²) in [5.41, 5.74) is 5.69. The third kappa shape index (κ3) is 3.72. The lowest BCUT2D eigenvalue weighted by molar-refractivity contribution is -0.682. The van der Waals surface area contributed by atoms with Gasteiger partial charge in [-0.25, -0.2) is 4.57 Å². The molecule has 150 valence electrons. The maximum atomic E-state index is 4.81. The number of aromatic nitrogens is 2. The Hall–Kier alpha value is -2.50. The molecule has 2 heterocycles. The SMILES string of the molecule is CCn1c(-c2ccccc2)c(N=Nc2sc(C)c(C)[n+]2CC)c2ccccc21.[Cl-]. The summed E-state index contributed by atoms with van der Waals surface area (Å²) in [6, 6.07) is 18.9. The first-order valence-electron chi connectivity index (χ1n) is 9.73. The molecule has 0 aliphatic rings. The van der Waals surface area contributed by atoms with Crippen LogP contribution in [0, 0.1) is 13.8 Å². The molecule has 2 aromatic heterocycles. The molecule has 0 unspecified atom stereocenters. The maximum Gasteiger partial charge on any atom is 0.408 e. The molecule has 0 amide bonds. The van der Waals surface area contributed by atoms with Gasteiger partial charge in [-0.2, -0.15) is 0 Å². The Labute approximate surface area is 182 Å². The van der Waals surface area contributed by atoms with E-state index in [9.17, 15) is 0 Å². The van der Waals surface area contributed by atoms with Crippen molar-refractivity contribution < 1.29 is 17.0 Å². The number of hydrogen-bond donors (Lipinski definition) is 0. The molecule has 0 N–H and O–H groups in total. The lowest BCUT2D eigenvalue weighted by atomic mass is 10.1. The number of thiazole rings is 1. The van der Waals surface area contributed by atoms with Crippen molar-refractivity contribution in [1.82, 2.24) is 4.57 Å². The van der Waals surface area contributed by atoms with Crippen molar-refractivity contribution >= 4 is 33.1 Å². The van der Waals surface area contributed by atoms with E-state index in [2.05, 4.69) is 85.4 Å². The number of aryl methyl sites for hydroxylation is 2. The first-order chi connectivity index (χ1) is 13.7. The van der Waals surface area contributed by atoms with Crippen molar-refractivity contribution in [3.63, 3.8) is 0 Å². The monoisotopic (exact) mass is 424 g/mol. The molecule has 0 radical (unpaired) electrons. The van der Waals surface area contributed by atoms with Gasteiger partial charge in [0.1, 0.15) is 11.4 Å². The number of rotatable bonds is 5. The molecule has 2 aromatic carbocycles. The van der Waals surface area contributed by atoms with Crippen LogP contribution in [-0.2, 0) is 13.1 Å². The molecular formula is C23H25ClN4S. The molecule has 4 rings (SSSR count). The van der Waals surface area contributed by atoms with Gasteiger partial charge in [0.15, 0.2) is 0 Å². The van der Waals surface area contributed by atoms with Crippen molar-refractivity contribution in [3.8, 4) is 11.3 Å². The summed E-state index contributed by atoms with van der Waals surface area (Å²) in [5, 5.41) is 11.6. The van der Waals surface area contributed by atoms with Crippen molar-refractivity contribution in [2.45, 2.75) is 40.8 Å². The third-order valence-electron chi connectivity index (χ3n) is 5.25. The topological polar surface area (TPSA) is 33.5 Å². The van der Waals surface area contributed by atoms with Gasteiger partial charge in [-0.1, -0.05) is 48.5 Å². The Bertz CT molecular complexity index is 1160. The fourth-order valence-electron chi connectivity index (χ4n) is 3.74. The summed E-state index contributed by atoms with van der Waals surface area (Å²) >= 11 is 1.70. The predicted molar refractivity (Wildman–Crippen MR) is 117 cm³/mol. The van der Waals surface area contributed by atoms with E-state index in [0.29, 0.717) is 0 Å². The molecular weight excluding hydrogens is 400 g/mol. The molecule has 0 fully saturated rings. The van der Waals surface area contributed by atoms with E-state index in [0.717, 1.165) is 40.6 Å². The number of fused-ring (bicyclic) bond motifs is 1. The van der Waals surface area contributed by atoms with E-state index >= 15 is 0 Å². The van der Waals surface area contributed by atoms with Crippen LogP contribution in [0.2, 0.25) is 0 Å². The third-order valence-corrected chi connectivity index (χ3v) is 6.34. The van der Waals surface area contributed by atoms with Gasteiger partial charge in [0, 0.05) is 17.5 Å². The molecule has 29 heavy (non-hydrogen) atoms. The molecule has 0 bridgehead atoms. The molecule has 0 aliphatic heterocycles. The molecule has 0 saturated heterocycles. The van der Waals surface area contributed by atoms with Gasteiger partial charge >= 0.3 is 5.13 Å². The zero-order valence-electron chi connectivity index (χ0n) is 17.2. The highest BCUT2D eigenvalue weighted by atomic mass is 35.5. The van der Waals surface area contributed by atoms with Gasteiger partial charge in [-0.15, -0.1) is 0 Å². The Morgan fingerprint density at radius 3 is 2.31 bits per heavy atom. The normalized spacial score (nSPS) is 11.3. The first kappa shape index (κ1) is 21.2.